The van der Waals surface area contributed by atoms with E-state index in [1.165, 1.54) is 32.1 Å². The Morgan fingerprint density at radius 1 is 0.947 bits per heavy atom. The number of ether oxygens (including phenoxy) is 3. The molecule has 0 atom stereocenters. The van der Waals surface area contributed by atoms with Crippen LogP contribution in [-0.2, 0) is 14.2 Å². The average molecular weight is 272 g/mol. The summed E-state index contributed by atoms with van der Waals surface area (Å²) in [5, 5.41) is 0. The van der Waals surface area contributed by atoms with Crippen molar-refractivity contribution >= 4 is 0 Å². The minimum atomic E-state index is -0.289. The van der Waals surface area contributed by atoms with Gasteiger partial charge in [0.25, 0.3) is 0 Å². The summed E-state index contributed by atoms with van der Waals surface area (Å²) in [6.45, 7) is 9.62. The lowest BCUT2D eigenvalue weighted by Gasteiger charge is -2.39. The summed E-state index contributed by atoms with van der Waals surface area (Å²) in [5.74, 6) is 0.499. The Hall–Kier alpha value is -0.120. The van der Waals surface area contributed by atoms with Gasteiger partial charge in [-0.25, -0.2) is 0 Å². The molecule has 1 aliphatic rings. The van der Waals surface area contributed by atoms with Gasteiger partial charge in [-0.2, -0.15) is 0 Å². The Morgan fingerprint density at radius 2 is 1.58 bits per heavy atom. The van der Waals surface area contributed by atoms with Crippen LogP contribution in [0.4, 0.5) is 0 Å². The zero-order valence-corrected chi connectivity index (χ0v) is 13.1. The highest BCUT2D eigenvalue weighted by molar-refractivity contribution is 4.80. The van der Waals surface area contributed by atoms with Crippen LogP contribution in [0.5, 0.6) is 0 Å². The van der Waals surface area contributed by atoms with E-state index in [2.05, 4.69) is 20.8 Å². The van der Waals surface area contributed by atoms with E-state index in [4.69, 9.17) is 14.2 Å². The predicted molar refractivity (Wildman–Crippen MR) is 78.3 cm³/mol. The van der Waals surface area contributed by atoms with E-state index in [1.54, 1.807) is 0 Å². The van der Waals surface area contributed by atoms with E-state index in [1.807, 2.05) is 0 Å². The second-order valence-corrected chi connectivity index (χ2v) is 5.47. The molecule has 0 unspecified atom stereocenters. The fourth-order valence-corrected chi connectivity index (χ4v) is 2.86. The Morgan fingerprint density at radius 3 is 2.11 bits per heavy atom. The maximum absolute atomic E-state index is 5.86. The number of rotatable bonds is 10. The van der Waals surface area contributed by atoms with E-state index >= 15 is 0 Å². The van der Waals surface area contributed by atoms with Gasteiger partial charge in [0.15, 0.2) is 5.79 Å². The molecule has 3 heteroatoms. The summed E-state index contributed by atoms with van der Waals surface area (Å²) >= 11 is 0. The third-order valence-electron chi connectivity index (χ3n) is 3.99. The zero-order valence-electron chi connectivity index (χ0n) is 13.1. The van der Waals surface area contributed by atoms with Crippen LogP contribution in [0, 0.1) is 5.92 Å². The summed E-state index contributed by atoms with van der Waals surface area (Å²) in [7, 11) is 0. The van der Waals surface area contributed by atoms with E-state index in [-0.39, 0.29) is 5.79 Å². The number of unbranched alkanes of at least 4 members (excludes halogenated alkanes) is 1. The minimum Gasteiger partial charge on any atom is -0.381 e. The highest BCUT2D eigenvalue weighted by atomic mass is 16.7. The second-order valence-electron chi connectivity index (χ2n) is 5.47. The molecule has 1 rings (SSSR count). The molecule has 0 bridgehead atoms. The largest absolute Gasteiger partial charge is 0.381 e. The van der Waals surface area contributed by atoms with Gasteiger partial charge in [0, 0.05) is 39.3 Å². The molecule has 1 fully saturated rings. The molecule has 0 radical (unpaired) electrons. The molecule has 0 N–H and O–H groups in total. The predicted octanol–water partition coefficient (Wildman–Crippen LogP) is 4.15. The van der Waals surface area contributed by atoms with Crippen LogP contribution in [0.15, 0.2) is 0 Å². The van der Waals surface area contributed by atoms with Crippen molar-refractivity contribution in [3.05, 3.63) is 0 Å². The Bertz CT molecular complexity index is 202. The third kappa shape index (κ3) is 6.24. The van der Waals surface area contributed by atoms with Crippen molar-refractivity contribution in [1.29, 1.82) is 0 Å². The molecule has 0 saturated heterocycles. The highest BCUT2D eigenvalue weighted by Gasteiger charge is 2.36. The van der Waals surface area contributed by atoms with Crippen molar-refractivity contribution in [2.45, 2.75) is 71.5 Å². The van der Waals surface area contributed by atoms with Crippen LogP contribution in [0.3, 0.4) is 0 Å². The highest BCUT2D eigenvalue weighted by Crippen LogP contribution is 2.37. The maximum atomic E-state index is 5.86. The van der Waals surface area contributed by atoms with Gasteiger partial charge in [0.1, 0.15) is 0 Å². The number of hydrogen-bond acceptors (Lipinski definition) is 3. The van der Waals surface area contributed by atoms with E-state index in [0.29, 0.717) is 0 Å². The van der Waals surface area contributed by atoms with Crippen LogP contribution in [0.2, 0.25) is 0 Å². The first kappa shape index (κ1) is 16.9. The van der Waals surface area contributed by atoms with Crippen molar-refractivity contribution in [1.82, 2.24) is 0 Å². The van der Waals surface area contributed by atoms with Crippen molar-refractivity contribution in [3.63, 3.8) is 0 Å². The van der Waals surface area contributed by atoms with Crippen molar-refractivity contribution in [3.8, 4) is 0 Å². The van der Waals surface area contributed by atoms with Gasteiger partial charge in [0.2, 0.25) is 0 Å². The zero-order chi connectivity index (χ0) is 14.0. The van der Waals surface area contributed by atoms with Gasteiger partial charge >= 0.3 is 0 Å². The molecule has 1 saturated carbocycles. The molecule has 0 spiro atoms. The fourth-order valence-electron chi connectivity index (χ4n) is 2.86. The minimum absolute atomic E-state index is 0.289. The van der Waals surface area contributed by atoms with Gasteiger partial charge in [-0.1, -0.05) is 13.3 Å². The molecule has 0 aliphatic heterocycles. The molecule has 3 nitrogen and oxygen atoms in total. The van der Waals surface area contributed by atoms with Crippen molar-refractivity contribution in [2.75, 3.05) is 26.4 Å². The fraction of sp³-hybridized carbons (Fsp3) is 1.00. The average Bonchev–Trinajstić information content (AvgIpc) is 2.41. The third-order valence-corrected chi connectivity index (χ3v) is 3.99. The topological polar surface area (TPSA) is 27.7 Å². The van der Waals surface area contributed by atoms with E-state index in [9.17, 15) is 0 Å². The Labute approximate surface area is 119 Å². The van der Waals surface area contributed by atoms with Crippen LogP contribution in [-0.4, -0.2) is 32.2 Å². The molecule has 0 aromatic heterocycles. The molecule has 1 aliphatic carbocycles. The normalized spacial score (nSPS) is 19.7. The van der Waals surface area contributed by atoms with Crippen LogP contribution in [0.1, 0.15) is 65.7 Å². The summed E-state index contributed by atoms with van der Waals surface area (Å²) < 4.78 is 17.4. The Kier molecular flexibility index (Phi) is 8.67. The molecule has 0 aromatic carbocycles. The Balaban J connectivity index is 2.19. The maximum Gasteiger partial charge on any atom is 0.168 e. The molecule has 0 amide bonds. The summed E-state index contributed by atoms with van der Waals surface area (Å²) in [5.41, 5.74) is 0. The van der Waals surface area contributed by atoms with Gasteiger partial charge in [0.05, 0.1) is 0 Å². The van der Waals surface area contributed by atoms with Crippen LogP contribution >= 0.6 is 0 Å². The van der Waals surface area contributed by atoms with Crippen LogP contribution < -0.4 is 0 Å². The molecule has 114 valence electrons. The van der Waals surface area contributed by atoms with Crippen LogP contribution in [0.25, 0.3) is 0 Å². The smallest absolute Gasteiger partial charge is 0.168 e. The van der Waals surface area contributed by atoms with Gasteiger partial charge in [-0.15, -0.1) is 0 Å². The second kappa shape index (κ2) is 9.73. The molecule has 19 heavy (non-hydrogen) atoms. The summed E-state index contributed by atoms with van der Waals surface area (Å²) in [6, 6.07) is 0. The number of hydrogen-bond donors (Lipinski definition) is 0. The standard InChI is InChI=1S/C16H32O3/c1-4-7-13-17-14-10-15-8-11-16(12-9-15,18-5-2)19-6-3/h15H,4-14H2,1-3H3. The molecular weight excluding hydrogens is 240 g/mol. The van der Waals surface area contributed by atoms with Gasteiger partial charge in [-0.05, 0) is 45.4 Å². The first-order valence-electron chi connectivity index (χ1n) is 8.12. The van der Waals surface area contributed by atoms with E-state index in [0.717, 1.165) is 45.2 Å². The molecule has 0 heterocycles. The molecular formula is C16H32O3. The SMILES string of the molecule is CCCCOCCC1CCC(OCC)(OCC)CC1. The molecule has 0 aromatic rings. The van der Waals surface area contributed by atoms with Crippen molar-refractivity contribution < 1.29 is 14.2 Å². The van der Waals surface area contributed by atoms with E-state index < -0.39 is 0 Å². The quantitative estimate of drug-likeness (QED) is 0.441. The summed E-state index contributed by atoms with van der Waals surface area (Å²) in [6.07, 6.45) is 8.08. The first-order chi connectivity index (χ1) is 9.26. The lowest BCUT2D eigenvalue weighted by Crippen LogP contribution is -2.40. The lowest BCUT2D eigenvalue weighted by atomic mass is 9.83. The lowest BCUT2D eigenvalue weighted by molar-refractivity contribution is -0.252. The monoisotopic (exact) mass is 272 g/mol. The first-order valence-corrected chi connectivity index (χ1v) is 8.12. The van der Waals surface area contributed by atoms with Crippen molar-refractivity contribution in [2.24, 2.45) is 5.92 Å². The van der Waals surface area contributed by atoms with Gasteiger partial charge in [-0.3, -0.25) is 0 Å². The summed E-state index contributed by atoms with van der Waals surface area (Å²) in [4.78, 5) is 0. The van der Waals surface area contributed by atoms with Gasteiger partial charge < -0.3 is 14.2 Å².